The van der Waals surface area contributed by atoms with Gasteiger partial charge in [0.1, 0.15) is 11.2 Å². The maximum atomic E-state index is 7.01. The number of hydrogen-bond acceptors (Lipinski definition) is 3. The van der Waals surface area contributed by atoms with Crippen molar-refractivity contribution < 1.29 is 4.42 Å². The number of benzene rings is 10. The van der Waals surface area contributed by atoms with Crippen molar-refractivity contribution in [3.05, 3.63) is 200 Å². The van der Waals surface area contributed by atoms with E-state index in [0.717, 1.165) is 55.5 Å². The Kier molecular flexibility index (Phi) is 7.13. The zero-order valence-electron chi connectivity index (χ0n) is 30.8. The number of hydrogen-bond donors (Lipinski definition) is 0. The van der Waals surface area contributed by atoms with Gasteiger partial charge in [0.05, 0.1) is 5.69 Å². The van der Waals surface area contributed by atoms with Gasteiger partial charge in [0.2, 0.25) is 0 Å². The average molecular weight is 744 g/mol. The summed E-state index contributed by atoms with van der Waals surface area (Å²) in [6.45, 7) is 0. The Hall–Kier alpha value is -7.20. The Morgan fingerprint density at radius 2 is 1.02 bits per heavy atom. The summed E-state index contributed by atoms with van der Waals surface area (Å²) in [5.41, 5.74) is 9.72. The van der Waals surface area contributed by atoms with Crippen LogP contribution in [0.25, 0.3) is 96.7 Å². The third kappa shape index (κ3) is 5.03. The summed E-state index contributed by atoms with van der Waals surface area (Å²) < 4.78 is 9.65. The van der Waals surface area contributed by atoms with E-state index in [1.165, 1.54) is 58.2 Å². The molecular weight excluding hydrogens is 711 g/mol. The van der Waals surface area contributed by atoms with Crippen molar-refractivity contribution in [1.29, 1.82) is 0 Å². The second-order valence-electron chi connectivity index (χ2n) is 14.8. The van der Waals surface area contributed by atoms with Gasteiger partial charge in [-0.2, -0.15) is 0 Å². The second kappa shape index (κ2) is 12.7. The quantitative estimate of drug-likeness (QED) is 0.163. The number of nitrogens with zero attached hydrogens (tertiary/aromatic N) is 1. The van der Waals surface area contributed by atoms with Crippen LogP contribution < -0.4 is 4.90 Å². The van der Waals surface area contributed by atoms with Gasteiger partial charge in [-0.15, -0.1) is 11.3 Å². The molecule has 0 amide bonds. The SMILES string of the molecule is c1ccc(-c2cc3c(cc2N(c2ccc(-c4cccc5c4sc4ccccc45)cc2)c2ccc4ccccc4c2)oc2c4ccccc4c4ccccc4c32)cc1. The Labute approximate surface area is 333 Å². The van der Waals surface area contributed by atoms with Crippen LogP contribution in [-0.4, -0.2) is 0 Å². The van der Waals surface area contributed by atoms with Crippen molar-refractivity contribution in [2.45, 2.75) is 0 Å². The summed E-state index contributed by atoms with van der Waals surface area (Å²) in [6.07, 6.45) is 0. The first kappa shape index (κ1) is 32.1. The summed E-state index contributed by atoms with van der Waals surface area (Å²) >= 11 is 1.87. The highest BCUT2D eigenvalue weighted by Gasteiger charge is 2.23. The fraction of sp³-hybridized carbons (Fsp3) is 0. The van der Waals surface area contributed by atoms with Crippen molar-refractivity contribution >= 4 is 103 Å². The molecule has 0 saturated heterocycles. The van der Waals surface area contributed by atoms with E-state index >= 15 is 0 Å². The molecule has 0 radical (unpaired) electrons. The summed E-state index contributed by atoms with van der Waals surface area (Å²) in [6, 6.07) is 72.6. The van der Waals surface area contributed by atoms with Crippen LogP contribution in [0.1, 0.15) is 0 Å². The maximum Gasteiger partial charge on any atom is 0.143 e. The summed E-state index contributed by atoms with van der Waals surface area (Å²) in [5, 5.41) is 12.1. The van der Waals surface area contributed by atoms with E-state index in [1.807, 2.05) is 11.3 Å². The van der Waals surface area contributed by atoms with E-state index in [-0.39, 0.29) is 0 Å². The van der Waals surface area contributed by atoms with E-state index in [9.17, 15) is 0 Å². The number of thiophene rings is 1. The lowest BCUT2D eigenvalue weighted by atomic mass is 9.94. The average Bonchev–Trinajstić information content (AvgIpc) is 3.86. The van der Waals surface area contributed by atoms with Crippen molar-refractivity contribution in [3.63, 3.8) is 0 Å². The van der Waals surface area contributed by atoms with Gasteiger partial charge in [-0.25, -0.2) is 0 Å². The Bertz CT molecular complexity index is 3520. The summed E-state index contributed by atoms with van der Waals surface area (Å²) in [7, 11) is 0. The predicted molar refractivity (Wildman–Crippen MR) is 245 cm³/mol. The van der Waals surface area contributed by atoms with E-state index in [1.54, 1.807) is 0 Å². The lowest BCUT2D eigenvalue weighted by Gasteiger charge is -2.28. The smallest absolute Gasteiger partial charge is 0.143 e. The van der Waals surface area contributed by atoms with Crippen LogP contribution >= 0.6 is 11.3 Å². The summed E-state index contributed by atoms with van der Waals surface area (Å²) in [4.78, 5) is 2.40. The Morgan fingerprint density at radius 3 is 1.84 bits per heavy atom. The molecule has 0 aliphatic carbocycles. The molecule has 2 aromatic heterocycles. The van der Waals surface area contributed by atoms with Crippen LogP contribution in [0.4, 0.5) is 17.1 Å². The molecule has 0 aliphatic heterocycles. The fourth-order valence-corrected chi connectivity index (χ4v) is 10.2. The van der Waals surface area contributed by atoms with Gasteiger partial charge in [-0.1, -0.05) is 158 Å². The minimum Gasteiger partial charge on any atom is -0.455 e. The largest absolute Gasteiger partial charge is 0.455 e. The van der Waals surface area contributed by atoms with Crippen LogP contribution in [-0.2, 0) is 0 Å². The highest BCUT2D eigenvalue weighted by Crippen LogP contribution is 2.48. The van der Waals surface area contributed by atoms with Crippen LogP contribution in [0.5, 0.6) is 0 Å². The van der Waals surface area contributed by atoms with E-state index < -0.39 is 0 Å². The topological polar surface area (TPSA) is 16.4 Å². The molecule has 0 fully saturated rings. The molecule has 0 atom stereocenters. The number of furan rings is 1. The van der Waals surface area contributed by atoms with Gasteiger partial charge in [0.15, 0.2) is 0 Å². The number of rotatable bonds is 5. The monoisotopic (exact) mass is 743 g/mol. The number of anilines is 3. The zero-order valence-corrected chi connectivity index (χ0v) is 31.6. The lowest BCUT2D eigenvalue weighted by Crippen LogP contribution is -2.11. The Balaban J connectivity index is 1.12. The van der Waals surface area contributed by atoms with Crippen molar-refractivity contribution in [2.24, 2.45) is 0 Å². The lowest BCUT2D eigenvalue weighted by molar-refractivity contribution is 0.673. The molecule has 57 heavy (non-hydrogen) atoms. The normalized spacial score (nSPS) is 11.9. The van der Waals surface area contributed by atoms with Gasteiger partial charge >= 0.3 is 0 Å². The van der Waals surface area contributed by atoms with Crippen molar-refractivity contribution in [3.8, 4) is 22.3 Å². The molecule has 2 nitrogen and oxygen atoms in total. The van der Waals surface area contributed by atoms with E-state index in [0.29, 0.717) is 0 Å². The van der Waals surface area contributed by atoms with Gasteiger partial charge in [0, 0.05) is 59.3 Å². The molecule has 0 N–H and O–H groups in total. The molecule has 0 spiro atoms. The van der Waals surface area contributed by atoms with Crippen LogP contribution in [0.3, 0.4) is 0 Å². The van der Waals surface area contributed by atoms with Gasteiger partial charge in [0.25, 0.3) is 0 Å². The van der Waals surface area contributed by atoms with Gasteiger partial charge in [-0.05, 0) is 80.0 Å². The maximum absolute atomic E-state index is 7.01. The third-order valence-corrected chi connectivity index (χ3v) is 12.8. The van der Waals surface area contributed by atoms with Crippen molar-refractivity contribution in [1.82, 2.24) is 0 Å². The molecule has 0 saturated carbocycles. The molecule has 266 valence electrons. The third-order valence-electron chi connectivity index (χ3n) is 11.6. The standard InChI is InChI=1S/C54H33NOS/c1-2-14-35(15-3-1)47-32-48-50(56-53-45-21-9-7-18-42(45)41-17-6-8-20-44(41)52(48)53)33-49(47)55(39-30-25-34-13-4-5-16-37(34)31-39)38-28-26-36(27-29-38)40-22-12-23-46-43-19-10-11-24-51(43)57-54(40)46/h1-33H. The first-order chi connectivity index (χ1) is 28.3. The molecule has 12 aromatic rings. The zero-order chi connectivity index (χ0) is 37.5. The molecule has 3 heteroatoms. The van der Waals surface area contributed by atoms with E-state index in [4.69, 9.17) is 4.42 Å². The van der Waals surface area contributed by atoms with Crippen molar-refractivity contribution in [2.75, 3.05) is 4.90 Å². The molecule has 12 rings (SSSR count). The molecule has 10 aromatic carbocycles. The minimum atomic E-state index is 0.861. The fourth-order valence-electron chi connectivity index (χ4n) is 8.98. The first-order valence-corrected chi connectivity index (χ1v) is 20.2. The van der Waals surface area contributed by atoms with Crippen LogP contribution in [0.2, 0.25) is 0 Å². The van der Waals surface area contributed by atoms with Gasteiger partial charge in [-0.3, -0.25) is 0 Å². The highest BCUT2D eigenvalue weighted by atomic mass is 32.1. The predicted octanol–water partition coefficient (Wildman–Crippen LogP) is 16.2. The van der Waals surface area contributed by atoms with Crippen LogP contribution in [0.15, 0.2) is 205 Å². The molecule has 2 heterocycles. The van der Waals surface area contributed by atoms with Crippen LogP contribution in [0, 0.1) is 0 Å². The minimum absolute atomic E-state index is 0.861. The van der Waals surface area contributed by atoms with Gasteiger partial charge < -0.3 is 9.32 Å². The molecule has 0 bridgehead atoms. The van der Waals surface area contributed by atoms with E-state index in [2.05, 4.69) is 205 Å². The first-order valence-electron chi connectivity index (χ1n) is 19.4. The molecular formula is C54H33NOS. The highest BCUT2D eigenvalue weighted by molar-refractivity contribution is 7.26. The molecule has 0 unspecified atom stereocenters. The molecule has 0 aliphatic rings. The number of fused-ring (bicyclic) bond motifs is 12. The summed E-state index contributed by atoms with van der Waals surface area (Å²) in [5.74, 6) is 0. The second-order valence-corrected chi connectivity index (χ2v) is 15.9. The Morgan fingerprint density at radius 1 is 0.386 bits per heavy atom.